The second-order valence-electron chi connectivity index (χ2n) is 7.06. The van der Waals surface area contributed by atoms with E-state index in [2.05, 4.69) is 4.90 Å². The summed E-state index contributed by atoms with van der Waals surface area (Å²) in [5.41, 5.74) is 1.13. The summed E-state index contributed by atoms with van der Waals surface area (Å²) in [6, 6.07) is 7.03. The van der Waals surface area contributed by atoms with E-state index in [-0.39, 0.29) is 5.82 Å². The van der Waals surface area contributed by atoms with Gasteiger partial charge < -0.3 is 4.90 Å². The molecule has 2 fully saturated rings. The second kappa shape index (κ2) is 7.36. The zero-order chi connectivity index (χ0) is 15.4. The first-order valence-electron chi connectivity index (χ1n) is 8.67. The smallest absolute Gasteiger partial charge is 0.132 e. The van der Waals surface area contributed by atoms with E-state index in [1.807, 2.05) is 12.1 Å². The van der Waals surface area contributed by atoms with E-state index in [9.17, 15) is 9.18 Å². The predicted octanol–water partition coefficient (Wildman–Crippen LogP) is 3.84. The molecule has 2 nitrogen and oxygen atoms in total. The third-order valence-corrected chi connectivity index (χ3v) is 5.30. The van der Waals surface area contributed by atoms with Gasteiger partial charge in [0.25, 0.3) is 0 Å². The van der Waals surface area contributed by atoms with Crippen molar-refractivity contribution in [3.05, 3.63) is 35.6 Å². The number of hydrogen-bond acceptors (Lipinski definition) is 2. The normalized spacial score (nSPS) is 22.1. The van der Waals surface area contributed by atoms with Crippen LogP contribution in [0.5, 0.6) is 0 Å². The molecule has 1 aromatic carbocycles. The lowest BCUT2D eigenvalue weighted by Crippen LogP contribution is -2.38. The number of carbonyl (C=O) groups is 1. The maximum atomic E-state index is 13.2. The van der Waals surface area contributed by atoms with Crippen molar-refractivity contribution in [2.75, 3.05) is 19.6 Å². The fourth-order valence-corrected chi connectivity index (χ4v) is 3.92. The Labute approximate surface area is 132 Å². The van der Waals surface area contributed by atoms with Gasteiger partial charge in [0.1, 0.15) is 11.6 Å². The van der Waals surface area contributed by atoms with Crippen molar-refractivity contribution < 1.29 is 9.18 Å². The molecule has 0 unspecified atom stereocenters. The van der Waals surface area contributed by atoms with Crippen LogP contribution < -0.4 is 0 Å². The first-order chi connectivity index (χ1) is 10.7. The number of piperidine rings is 1. The van der Waals surface area contributed by atoms with Crippen molar-refractivity contribution in [1.29, 1.82) is 0 Å². The number of nitrogens with zero attached hydrogens (tertiary/aromatic N) is 1. The number of ketones is 1. The van der Waals surface area contributed by atoms with Crippen molar-refractivity contribution in [3.63, 3.8) is 0 Å². The van der Waals surface area contributed by atoms with Crippen molar-refractivity contribution in [2.24, 2.45) is 11.8 Å². The molecule has 1 aromatic rings. The molecule has 3 rings (SSSR count). The molecule has 120 valence electrons. The van der Waals surface area contributed by atoms with Crippen molar-refractivity contribution in [1.82, 2.24) is 4.90 Å². The fourth-order valence-electron chi connectivity index (χ4n) is 3.92. The third kappa shape index (κ3) is 4.39. The Morgan fingerprint density at radius 2 is 1.77 bits per heavy atom. The fraction of sp³-hybridized carbons (Fsp3) is 0.632. The zero-order valence-corrected chi connectivity index (χ0v) is 13.3. The van der Waals surface area contributed by atoms with Gasteiger partial charge in [-0.1, -0.05) is 12.1 Å². The highest BCUT2D eigenvalue weighted by Gasteiger charge is 2.24. The number of halogens is 1. The summed E-state index contributed by atoms with van der Waals surface area (Å²) in [5.74, 6) is 1.73. The van der Waals surface area contributed by atoms with E-state index in [1.54, 1.807) is 6.07 Å². The molecule has 1 saturated carbocycles. The molecule has 0 spiro atoms. The van der Waals surface area contributed by atoms with Gasteiger partial charge in [-0.2, -0.15) is 0 Å². The molecule has 0 bridgehead atoms. The van der Waals surface area contributed by atoms with Gasteiger partial charge in [-0.15, -0.1) is 0 Å². The Kier molecular flexibility index (Phi) is 5.24. The molecule has 1 heterocycles. The summed E-state index contributed by atoms with van der Waals surface area (Å²) in [5, 5.41) is 0. The molecule has 22 heavy (non-hydrogen) atoms. The predicted molar refractivity (Wildman–Crippen MR) is 86.2 cm³/mol. The van der Waals surface area contributed by atoms with Crippen LogP contribution in [0.1, 0.15) is 44.1 Å². The van der Waals surface area contributed by atoms with Gasteiger partial charge in [-0.05, 0) is 74.7 Å². The lowest BCUT2D eigenvalue weighted by Gasteiger charge is -2.35. The second-order valence-corrected chi connectivity index (χ2v) is 7.06. The largest absolute Gasteiger partial charge is 0.303 e. The maximum Gasteiger partial charge on any atom is 0.132 e. The molecular formula is C19H26FNO. The number of hydrogen-bond donors (Lipinski definition) is 0. The molecule has 0 amide bonds. The Morgan fingerprint density at radius 1 is 1.05 bits per heavy atom. The standard InChI is InChI=1S/C19H26FNO/c20-18-3-1-2-17(13-18)12-15-8-10-21(11-9-15)14-16-4-6-19(22)7-5-16/h1-3,13,15-16H,4-12,14H2. The molecule has 1 saturated heterocycles. The third-order valence-electron chi connectivity index (χ3n) is 5.30. The average molecular weight is 303 g/mol. The molecule has 2 aliphatic rings. The molecule has 3 heteroatoms. The van der Waals surface area contributed by atoms with E-state index in [1.165, 1.54) is 25.5 Å². The van der Waals surface area contributed by atoms with Gasteiger partial charge in [-0.3, -0.25) is 4.79 Å². The minimum absolute atomic E-state index is 0.123. The maximum absolute atomic E-state index is 13.2. The van der Waals surface area contributed by atoms with Crippen molar-refractivity contribution in [3.8, 4) is 0 Å². The van der Waals surface area contributed by atoms with Crippen LogP contribution in [-0.2, 0) is 11.2 Å². The van der Waals surface area contributed by atoms with Crippen LogP contribution in [0.4, 0.5) is 4.39 Å². The van der Waals surface area contributed by atoms with E-state index < -0.39 is 0 Å². The van der Waals surface area contributed by atoms with Crippen LogP contribution in [0, 0.1) is 17.7 Å². The Balaban J connectivity index is 1.41. The van der Waals surface area contributed by atoms with Crippen LogP contribution in [0.15, 0.2) is 24.3 Å². The number of likely N-dealkylation sites (tertiary alicyclic amines) is 1. The van der Waals surface area contributed by atoms with Crippen LogP contribution in [0.25, 0.3) is 0 Å². The highest BCUT2D eigenvalue weighted by atomic mass is 19.1. The summed E-state index contributed by atoms with van der Waals surface area (Å²) in [4.78, 5) is 13.9. The lowest BCUT2D eigenvalue weighted by molar-refractivity contribution is -0.121. The highest BCUT2D eigenvalue weighted by molar-refractivity contribution is 5.79. The summed E-state index contributed by atoms with van der Waals surface area (Å²) >= 11 is 0. The Morgan fingerprint density at radius 3 is 2.45 bits per heavy atom. The summed E-state index contributed by atoms with van der Waals surface area (Å²) in [6.45, 7) is 3.48. The molecule has 1 aliphatic carbocycles. The minimum atomic E-state index is -0.123. The van der Waals surface area contributed by atoms with Crippen LogP contribution >= 0.6 is 0 Å². The SMILES string of the molecule is O=C1CCC(CN2CCC(Cc3cccc(F)c3)CC2)CC1. The van der Waals surface area contributed by atoms with Gasteiger partial charge in [0.15, 0.2) is 0 Å². The van der Waals surface area contributed by atoms with E-state index in [0.717, 1.165) is 56.7 Å². The molecule has 0 N–H and O–H groups in total. The highest BCUT2D eigenvalue weighted by Crippen LogP contribution is 2.26. The number of rotatable bonds is 4. The molecule has 1 aliphatic heterocycles. The van der Waals surface area contributed by atoms with Gasteiger partial charge in [0, 0.05) is 19.4 Å². The molecule has 0 aromatic heterocycles. The summed E-state index contributed by atoms with van der Waals surface area (Å²) in [7, 11) is 0. The molecule has 0 radical (unpaired) electrons. The van der Waals surface area contributed by atoms with E-state index >= 15 is 0 Å². The number of benzene rings is 1. The monoisotopic (exact) mass is 303 g/mol. The first kappa shape index (κ1) is 15.7. The van der Waals surface area contributed by atoms with Gasteiger partial charge in [0.2, 0.25) is 0 Å². The summed E-state index contributed by atoms with van der Waals surface area (Å²) < 4.78 is 13.2. The van der Waals surface area contributed by atoms with Crippen LogP contribution in [-0.4, -0.2) is 30.3 Å². The Bertz CT molecular complexity index is 498. The Hall–Kier alpha value is -1.22. The zero-order valence-electron chi connectivity index (χ0n) is 13.3. The van der Waals surface area contributed by atoms with E-state index in [0.29, 0.717) is 11.7 Å². The number of carbonyl (C=O) groups excluding carboxylic acids is 1. The van der Waals surface area contributed by atoms with Gasteiger partial charge in [0.05, 0.1) is 0 Å². The average Bonchev–Trinajstić information content (AvgIpc) is 2.52. The van der Waals surface area contributed by atoms with Crippen LogP contribution in [0.2, 0.25) is 0 Å². The first-order valence-corrected chi connectivity index (χ1v) is 8.67. The van der Waals surface area contributed by atoms with E-state index in [4.69, 9.17) is 0 Å². The molecule has 0 atom stereocenters. The van der Waals surface area contributed by atoms with Crippen molar-refractivity contribution in [2.45, 2.75) is 44.9 Å². The molecular weight excluding hydrogens is 277 g/mol. The van der Waals surface area contributed by atoms with Crippen LogP contribution in [0.3, 0.4) is 0 Å². The minimum Gasteiger partial charge on any atom is -0.303 e. The van der Waals surface area contributed by atoms with Gasteiger partial charge in [-0.25, -0.2) is 4.39 Å². The summed E-state index contributed by atoms with van der Waals surface area (Å²) in [6.07, 6.45) is 7.18. The lowest BCUT2D eigenvalue weighted by atomic mass is 9.86. The topological polar surface area (TPSA) is 20.3 Å². The number of Topliss-reactive ketones (excluding diaryl/α,β-unsaturated/α-hetero) is 1. The quantitative estimate of drug-likeness (QED) is 0.842. The van der Waals surface area contributed by atoms with Crippen molar-refractivity contribution >= 4 is 5.78 Å². The van der Waals surface area contributed by atoms with Gasteiger partial charge >= 0.3 is 0 Å².